The second-order valence-corrected chi connectivity index (χ2v) is 5.47. The Morgan fingerprint density at radius 1 is 0.333 bits per heavy atom. The van der Waals surface area contributed by atoms with E-state index in [0.717, 1.165) is 0 Å². The van der Waals surface area contributed by atoms with Crippen LogP contribution >= 0.6 is 0 Å². The van der Waals surface area contributed by atoms with Crippen LogP contribution in [0.3, 0.4) is 0 Å². The van der Waals surface area contributed by atoms with Crippen molar-refractivity contribution in [3.63, 3.8) is 0 Å². The third kappa shape index (κ3) is 29400. The molecule has 0 aromatic heterocycles. The minimum Gasteiger partial charge on any atom is -0.394 e. The van der Waals surface area contributed by atoms with E-state index in [1.54, 1.807) is 69.2 Å². The Balaban J connectivity index is -0.0000000331. The van der Waals surface area contributed by atoms with E-state index in [4.69, 9.17) is 25.5 Å². The van der Waals surface area contributed by atoms with Gasteiger partial charge in [-0.05, 0) is 69.2 Å². The van der Waals surface area contributed by atoms with Crippen LogP contribution in [0.4, 0.5) is 0 Å². The third-order valence-electron chi connectivity index (χ3n) is 0. The molecule has 136 valence electrons. The van der Waals surface area contributed by atoms with E-state index in [-0.39, 0.29) is 51.6 Å². The molecule has 0 aromatic carbocycles. The van der Waals surface area contributed by atoms with Crippen LogP contribution in [0.1, 0.15) is 69.2 Å². The summed E-state index contributed by atoms with van der Waals surface area (Å²) in [5.74, 6) is 0. The predicted octanol–water partition coefficient (Wildman–Crippen LogP) is 1.93. The zero-order valence-corrected chi connectivity index (χ0v) is 18.5. The summed E-state index contributed by atoms with van der Waals surface area (Å²) in [4.78, 5) is 0. The molecule has 6 heteroatoms. The molecule has 0 spiro atoms. The van der Waals surface area contributed by atoms with E-state index >= 15 is 0 Å². The first-order valence-corrected chi connectivity index (χ1v) is 7.06. The number of aliphatic hydroxyl groups is 5. The fourth-order valence-corrected chi connectivity index (χ4v) is 0. The first kappa shape index (κ1) is 37.6. The molecule has 0 saturated heterocycles. The predicted molar refractivity (Wildman–Crippen MR) is 86.8 cm³/mol. The smallest absolute Gasteiger partial charge is 0.0483 e. The summed E-state index contributed by atoms with van der Waals surface area (Å²) in [5.41, 5.74) is 0. The molecule has 0 atom stereocenters. The average molecular weight is 484 g/mol. The van der Waals surface area contributed by atoms with Crippen molar-refractivity contribution in [2.24, 2.45) is 0 Å². The molecule has 0 heterocycles. The quantitative estimate of drug-likeness (QED) is 0.362. The number of hydrogen-bond donors (Lipinski definition) is 5. The van der Waals surface area contributed by atoms with Crippen LogP contribution in [0, 0.1) is 0 Å². The van der Waals surface area contributed by atoms with Crippen LogP contribution in [-0.2, 0) is 21.1 Å². The Hall–Kier alpha value is 0.488. The van der Waals surface area contributed by atoms with Crippen molar-refractivity contribution < 1.29 is 46.6 Å². The molecule has 0 aromatic rings. The molecule has 0 unspecified atom stereocenters. The molecule has 5 N–H and O–H groups in total. The first-order valence-electron chi connectivity index (χ1n) is 7.06. The van der Waals surface area contributed by atoms with E-state index in [2.05, 4.69) is 0 Å². The van der Waals surface area contributed by atoms with Gasteiger partial charge in [0.1, 0.15) is 0 Å². The van der Waals surface area contributed by atoms with Crippen molar-refractivity contribution in [1.29, 1.82) is 0 Å². The summed E-state index contributed by atoms with van der Waals surface area (Å²) < 4.78 is 0. The molecule has 0 amide bonds. The van der Waals surface area contributed by atoms with Crippen molar-refractivity contribution in [1.82, 2.24) is 0 Å². The molecule has 0 aliphatic rings. The summed E-state index contributed by atoms with van der Waals surface area (Å²) >= 11 is 0. The van der Waals surface area contributed by atoms with E-state index in [1.165, 1.54) is 0 Å². The van der Waals surface area contributed by atoms with Crippen LogP contribution in [-0.4, -0.2) is 56.1 Å². The van der Waals surface area contributed by atoms with E-state index < -0.39 is 0 Å². The Kier molecular flexibility index (Phi) is 58.1. The van der Waals surface area contributed by atoms with Crippen molar-refractivity contribution >= 4 is 0 Å². The maximum absolute atomic E-state index is 8.06. The second kappa shape index (κ2) is 32.4. The SMILES string of the molecule is CC(C)O.CC(C)O.CC(C)O.CC(C)O.CC(C)O.[W]. The molecule has 0 aliphatic carbocycles. The minimum absolute atomic E-state index is 0. The molecule has 0 rings (SSSR count). The fourth-order valence-electron chi connectivity index (χ4n) is 0. The number of rotatable bonds is 0. The Labute approximate surface area is 146 Å². The zero-order valence-electron chi connectivity index (χ0n) is 15.5. The average Bonchev–Trinajstić information content (AvgIpc) is 1.94. The van der Waals surface area contributed by atoms with Crippen molar-refractivity contribution in [3.8, 4) is 0 Å². The van der Waals surface area contributed by atoms with Gasteiger partial charge in [0.2, 0.25) is 0 Å². The van der Waals surface area contributed by atoms with Crippen LogP contribution in [0.15, 0.2) is 0 Å². The summed E-state index contributed by atoms with van der Waals surface area (Å²) in [6.07, 6.45) is -0.833. The maximum Gasteiger partial charge on any atom is 0.0483 e. The van der Waals surface area contributed by atoms with Gasteiger partial charge in [-0.25, -0.2) is 0 Å². The molecule has 0 radical (unpaired) electrons. The van der Waals surface area contributed by atoms with Gasteiger partial charge in [-0.3, -0.25) is 0 Å². The van der Waals surface area contributed by atoms with Gasteiger partial charge in [0.05, 0.1) is 0 Å². The molecule has 5 nitrogen and oxygen atoms in total. The van der Waals surface area contributed by atoms with Gasteiger partial charge < -0.3 is 25.5 Å². The van der Waals surface area contributed by atoms with Gasteiger partial charge in [0.25, 0.3) is 0 Å². The van der Waals surface area contributed by atoms with Crippen molar-refractivity contribution in [2.45, 2.75) is 99.8 Å². The Morgan fingerprint density at radius 2 is 0.333 bits per heavy atom. The minimum atomic E-state index is -0.167. The van der Waals surface area contributed by atoms with Crippen LogP contribution < -0.4 is 0 Å². The Bertz CT molecular complexity index is 80.6. The van der Waals surface area contributed by atoms with Crippen LogP contribution in [0.25, 0.3) is 0 Å². The van der Waals surface area contributed by atoms with Gasteiger partial charge in [0, 0.05) is 51.6 Å². The van der Waals surface area contributed by atoms with Gasteiger partial charge in [-0.2, -0.15) is 0 Å². The first-order chi connectivity index (χ1) is 8.66. The Morgan fingerprint density at radius 3 is 0.333 bits per heavy atom. The molecule has 0 aliphatic heterocycles. The largest absolute Gasteiger partial charge is 0.394 e. The fraction of sp³-hybridized carbons (Fsp3) is 1.00. The van der Waals surface area contributed by atoms with E-state index in [0.29, 0.717) is 0 Å². The zero-order chi connectivity index (χ0) is 17.9. The van der Waals surface area contributed by atoms with Crippen molar-refractivity contribution in [2.75, 3.05) is 0 Å². The standard InChI is InChI=1S/5C3H8O.W/c5*1-3(2)4;/h5*3-4H,1-2H3;. The monoisotopic (exact) mass is 484 g/mol. The van der Waals surface area contributed by atoms with Gasteiger partial charge >= 0.3 is 0 Å². The summed E-state index contributed by atoms with van der Waals surface area (Å²) in [6.45, 7) is 17.2. The summed E-state index contributed by atoms with van der Waals surface area (Å²) in [5, 5.41) is 40.3. The van der Waals surface area contributed by atoms with E-state index in [9.17, 15) is 0 Å². The molecular weight excluding hydrogens is 444 g/mol. The van der Waals surface area contributed by atoms with Crippen LogP contribution in [0.5, 0.6) is 0 Å². The second-order valence-electron chi connectivity index (χ2n) is 5.47. The third-order valence-corrected chi connectivity index (χ3v) is 0. The normalized spacial score (nSPS) is 8.57. The topological polar surface area (TPSA) is 101 Å². The molecule has 0 bridgehead atoms. The van der Waals surface area contributed by atoms with Gasteiger partial charge in [-0.1, -0.05) is 0 Å². The summed E-state index contributed by atoms with van der Waals surface area (Å²) in [6, 6.07) is 0. The van der Waals surface area contributed by atoms with Gasteiger partial charge in [-0.15, -0.1) is 0 Å². The number of aliphatic hydroxyl groups excluding tert-OH is 5. The van der Waals surface area contributed by atoms with Gasteiger partial charge in [0.15, 0.2) is 0 Å². The van der Waals surface area contributed by atoms with Crippen LogP contribution in [0.2, 0.25) is 0 Å². The van der Waals surface area contributed by atoms with E-state index in [1.807, 2.05) is 0 Å². The molecular formula is C15H40O5W. The number of hydrogen-bond acceptors (Lipinski definition) is 5. The summed E-state index contributed by atoms with van der Waals surface area (Å²) in [7, 11) is 0. The van der Waals surface area contributed by atoms with Crippen molar-refractivity contribution in [3.05, 3.63) is 0 Å². The molecule has 0 saturated carbocycles. The molecule has 0 fully saturated rings. The maximum atomic E-state index is 8.06. The molecule has 21 heavy (non-hydrogen) atoms.